The van der Waals surface area contributed by atoms with Crippen LogP contribution < -0.4 is 5.32 Å². The molecule has 20 heavy (non-hydrogen) atoms. The summed E-state index contributed by atoms with van der Waals surface area (Å²) in [6.45, 7) is 0.911. The van der Waals surface area contributed by atoms with Gasteiger partial charge in [-0.2, -0.15) is 0 Å². The number of aromatic amines is 1. The Hall–Kier alpha value is -1.61. The molecule has 0 saturated heterocycles. The van der Waals surface area contributed by atoms with Crippen molar-refractivity contribution in [1.29, 1.82) is 0 Å². The summed E-state index contributed by atoms with van der Waals surface area (Å²) < 4.78 is 0. The zero-order valence-electron chi connectivity index (χ0n) is 11.7. The predicted molar refractivity (Wildman–Crippen MR) is 79.3 cm³/mol. The van der Waals surface area contributed by atoms with Crippen molar-refractivity contribution in [3.8, 4) is 0 Å². The first-order chi connectivity index (χ1) is 9.90. The fourth-order valence-electron chi connectivity index (χ4n) is 4.09. The molecule has 2 aromatic rings. The van der Waals surface area contributed by atoms with E-state index in [0.717, 1.165) is 18.4 Å². The summed E-state index contributed by atoms with van der Waals surface area (Å²) in [5, 5.41) is 3.79. The van der Waals surface area contributed by atoms with Crippen molar-refractivity contribution in [2.75, 3.05) is 0 Å². The van der Waals surface area contributed by atoms with Gasteiger partial charge >= 0.3 is 0 Å². The average molecular weight is 267 g/mol. The first kappa shape index (κ1) is 12.2. The number of nitrogens with zero attached hydrogens (tertiary/aromatic N) is 1. The van der Waals surface area contributed by atoms with Gasteiger partial charge in [0.1, 0.15) is 0 Å². The number of hydrogen-bond donors (Lipinski definition) is 2. The summed E-state index contributed by atoms with van der Waals surface area (Å²) >= 11 is 0. The molecule has 1 fully saturated rings. The summed E-state index contributed by atoms with van der Waals surface area (Å²) in [6, 6.07) is 9.67. The van der Waals surface area contributed by atoms with Crippen molar-refractivity contribution in [3.63, 3.8) is 0 Å². The number of hydrogen-bond acceptors (Lipinski definition) is 2. The van der Waals surface area contributed by atoms with Gasteiger partial charge in [0.2, 0.25) is 0 Å². The lowest BCUT2D eigenvalue weighted by atomic mass is 9.94. The van der Waals surface area contributed by atoms with E-state index in [-0.39, 0.29) is 0 Å². The molecule has 0 radical (unpaired) electrons. The lowest BCUT2D eigenvalue weighted by Gasteiger charge is -2.23. The number of rotatable bonds is 3. The van der Waals surface area contributed by atoms with Crippen molar-refractivity contribution < 1.29 is 0 Å². The molecule has 1 aromatic carbocycles. The molecule has 3 heteroatoms. The Morgan fingerprint density at radius 2 is 1.80 bits per heavy atom. The molecule has 1 aromatic heterocycles. The van der Waals surface area contributed by atoms with E-state index in [0.29, 0.717) is 6.04 Å². The van der Waals surface area contributed by atoms with Gasteiger partial charge in [-0.3, -0.25) is 0 Å². The first-order valence-electron chi connectivity index (χ1n) is 7.67. The number of fused-ring (bicyclic) bond motifs is 3. The zero-order chi connectivity index (χ0) is 13.4. The molecule has 1 heterocycles. The van der Waals surface area contributed by atoms with Gasteiger partial charge in [0.15, 0.2) is 0 Å². The topological polar surface area (TPSA) is 40.7 Å². The predicted octanol–water partition coefficient (Wildman–Crippen LogP) is 2.69. The van der Waals surface area contributed by atoms with E-state index in [2.05, 4.69) is 39.6 Å². The molecule has 0 amide bonds. The lowest BCUT2D eigenvalue weighted by molar-refractivity contribution is 0.339. The summed E-state index contributed by atoms with van der Waals surface area (Å²) in [5.74, 6) is 1.60. The van der Waals surface area contributed by atoms with Crippen molar-refractivity contribution in [3.05, 3.63) is 53.6 Å². The van der Waals surface area contributed by atoms with Gasteiger partial charge in [-0.1, -0.05) is 24.3 Å². The Bertz CT molecular complexity index is 543. The molecule has 0 aliphatic heterocycles. The van der Waals surface area contributed by atoms with Crippen LogP contribution in [0, 0.1) is 11.8 Å². The van der Waals surface area contributed by atoms with E-state index in [1.807, 2.05) is 6.20 Å². The second kappa shape index (κ2) is 5.06. The maximum atomic E-state index is 4.09. The number of nitrogens with one attached hydrogen (secondary N) is 2. The Morgan fingerprint density at radius 3 is 2.40 bits per heavy atom. The molecule has 2 unspecified atom stereocenters. The van der Waals surface area contributed by atoms with Crippen LogP contribution in [0.5, 0.6) is 0 Å². The van der Waals surface area contributed by atoms with E-state index in [1.54, 1.807) is 17.5 Å². The van der Waals surface area contributed by atoms with Gasteiger partial charge in [-0.15, -0.1) is 0 Å². The SMILES string of the molecule is c1ccc2c(c1)CC1CCC(C2)C1NCc1cnc[nH]1. The summed E-state index contributed by atoms with van der Waals surface area (Å²) in [4.78, 5) is 7.28. The third-order valence-electron chi connectivity index (χ3n) is 5.09. The zero-order valence-corrected chi connectivity index (χ0v) is 11.7. The minimum absolute atomic E-state index is 0.658. The minimum atomic E-state index is 0.658. The molecule has 1 saturated carbocycles. The Morgan fingerprint density at radius 1 is 1.10 bits per heavy atom. The molecule has 2 aliphatic rings. The molecule has 2 aliphatic carbocycles. The molecule has 4 rings (SSSR count). The monoisotopic (exact) mass is 267 g/mol. The van der Waals surface area contributed by atoms with Crippen LogP contribution in [0.15, 0.2) is 36.8 Å². The van der Waals surface area contributed by atoms with Crippen molar-refractivity contribution in [1.82, 2.24) is 15.3 Å². The third-order valence-corrected chi connectivity index (χ3v) is 5.09. The fraction of sp³-hybridized carbons (Fsp3) is 0.471. The average Bonchev–Trinajstić information content (AvgIpc) is 3.04. The number of H-pyrrole nitrogens is 1. The van der Waals surface area contributed by atoms with Crippen LogP contribution in [-0.4, -0.2) is 16.0 Å². The number of aromatic nitrogens is 2. The molecule has 3 nitrogen and oxygen atoms in total. The maximum absolute atomic E-state index is 4.09. The van der Waals surface area contributed by atoms with Crippen molar-refractivity contribution >= 4 is 0 Å². The molecule has 2 bridgehead atoms. The van der Waals surface area contributed by atoms with E-state index < -0.39 is 0 Å². The molecular formula is C17H21N3. The van der Waals surface area contributed by atoms with E-state index in [9.17, 15) is 0 Å². The van der Waals surface area contributed by atoms with Crippen LogP contribution in [0.25, 0.3) is 0 Å². The highest BCUT2D eigenvalue weighted by molar-refractivity contribution is 5.30. The van der Waals surface area contributed by atoms with Crippen LogP contribution in [0.1, 0.15) is 29.7 Å². The van der Waals surface area contributed by atoms with E-state index in [1.165, 1.54) is 31.4 Å². The number of benzene rings is 1. The van der Waals surface area contributed by atoms with Crippen LogP contribution in [0.2, 0.25) is 0 Å². The molecule has 104 valence electrons. The van der Waals surface area contributed by atoms with Gasteiger partial charge in [-0.25, -0.2) is 4.98 Å². The molecule has 2 N–H and O–H groups in total. The van der Waals surface area contributed by atoms with Gasteiger partial charge < -0.3 is 10.3 Å². The first-order valence-corrected chi connectivity index (χ1v) is 7.67. The number of imidazole rings is 1. The molecular weight excluding hydrogens is 246 g/mol. The normalized spacial score (nSPS) is 28.1. The second-order valence-electron chi connectivity index (χ2n) is 6.26. The van der Waals surface area contributed by atoms with Gasteiger partial charge in [0.05, 0.1) is 6.33 Å². The molecule has 0 spiro atoms. The van der Waals surface area contributed by atoms with Crippen molar-refractivity contribution in [2.24, 2.45) is 11.8 Å². The fourth-order valence-corrected chi connectivity index (χ4v) is 4.09. The molecule has 2 atom stereocenters. The van der Waals surface area contributed by atoms with E-state index in [4.69, 9.17) is 0 Å². The second-order valence-corrected chi connectivity index (χ2v) is 6.26. The summed E-state index contributed by atoms with van der Waals surface area (Å²) in [6.07, 6.45) is 8.91. The van der Waals surface area contributed by atoms with Crippen LogP contribution in [0.4, 0.5) is 0 Å². The van der Waals surface area contributed by atoms with Crippen LogP contribution in [0.3, 0.4) is 0 Å². The quantitative estimate of drug-likeness (QED) is 0.897. The highest BCUT2D eigenvalue weighted by Crippen LogP contribution is 2.40. The van der Waals surface area contributed by atoms with Gasteiger partial charge in [-0.05, 0) is 48.6 Å². The Balaban J connectivity index is 1.52. The Kier molecular flexibility index (Phi) is 3.07. The van der Waals surface area contributed by atoms with E-state index >= 15 is 0 Å². The van der Waals surface area contributed by atoms with Crippen molar-refractivity contribution in [2.45, 2.75) is 38.3 Å². The van der Waals surface area contributed by atoms with Gasteiger partial charge in [0.25, 0.3) is 0 Å². The third kappa shape index (κ3) is 2.16. The summed E-state index contributed by atoms with van der Waals surface area (Å²) in [5.41, 5.74) is 4.34. The maximum Gasteiger partial charge on any atom is 0.0922 e. The van der Waals surface area contributed by atoms with Crippen LogP contribution in [-0.2, 0) is 19.4 Å². The largest absolute Gasteiger partial charge is 0.347 e. The Labute approximate surface area is 119 Å². The van der Waals surface area contributed by atoms with Crippen LogP contribution >= 0.6 is 0 Å². The minimum Gasteiger partial charge on any atom is -0.347 e. The highest BCUT2D eigenvalue weighted by Gasteiger charge is 2.38. The highest BCUT2D eigenvalue weighted by atomic mass is 15.0. The standard InChI is InChI=1S/C17H21N3/c1-2-4-13-8-15-6-5-14(7-12(13)3-1)17(15)19-10-16-9-18-11-20-16/h1-4,9,11,14-15,17,19H,5-8,10H2,(H,18,20). The smallest absolute Gasteiger partial charge is 0.0922 e. The lowest BCUT2D eigenvalue weighted by Crippen LogP contribution is -2.37. The summed E-state index contributed by atoms with van der Waals surface area (Å²) in [7, 11) is 0. The van der Waals surface area contributed by atoms with Gasteiger partial charge in [0, 0.05) is 24.5 Å².